The Kier molecular flexibility index (Phi) is 7.90. The molecule has 0 bridgehead atoms. The van der Waals surface area contributed by atoms with E-state index in [2.05, 4.69) is 10.6 Å². The zero-order valence-corrected chi connectivity index (χ0v) is 14.6. The van der Waals surface area contributed by atoms with Crippen molar-refractivity contribution >= 4 is 17.9 Å². The van der Waals surface area contributed by atoms with Crippen LogP contribution in [0.15, 0.2) is 0 Å². The van der Waals surface area contributed by atoms with Crippen molar-refractivity contribution in [3.8, 4) is 0 Å². The molecule has 0 aromatic heterocycles. The van der Waals surface area contributed by atoms with E-state index in [0.29, 0.717) is 6.42 Å². The van der Waals surface area contributed by atoms with Gasteiger partial charge in [-0.25, -0.2) is 4.79 Å². The summed E-state index contributed by atoms with van der Waals surface area (Å²) in [4.78, 5) is 36.9. The summed E-state index contributed by atoms with van der Waals surface area (Å²) in [5, 5.41) is 5.10. The van der Waals surface area contributed by atoms with Gasteiger partial charge in [-0.2, -0.15) is 0 Å². The molecule has 7 heteroatoms. The Morgan fingerprint density at radius 3 is 2.09 bits per heavy atom. The van der Waals surface area contributed by atoms with Gasteiger partial charge in [-0.3, -0.25) is 9.59 Å². The normalized spacial score (nSPS) is 12.5. The zero-order valence-electron chi connectivity index (χ0n) is 14.6. The molecule has 0 unspecified atom stereocenters. The molecule has 0 saturated carbocycles. The second-order valence-corrected chi connectivity index (χ2v) is 6.83. The van der Waals surface area contributed by atoms with E-state index in [9.17, 15) is 14.4 Å². The molecule has 22 heavy (non-hydrogen) atoms. The highest BCUT2D eigenvalue weighted by Gasteiger charge is 2.25. The van der Waals surface area contributed by atoms with Gasteiger partial charge in [0.05, 0.1) is 6.54 Å². The smallest absolute Gasteiger partial charge is 0.408 e. The minimum atomic E-state index is -0.732. The fraction of sp³-hybridized carbons (Fsp3) is 0.800. The molecule has 0 radical (unpaired) electrons. The Hall–Kier alpha value is -1.79. The molecule has 0 spiro atoms. The van der Waals surface area contributed by atoms with Gasteiger partial charge in [0.2, 0.25) is 11.8 Å². The van der Waals surface area contributed by atoms with Crippen LogP contribution in [0.4, 0.5) is 4.79 Å². The first-order valence-electron chi connectivity index (χ1n) is 7.39. The van der Waals surface area contributed by atoms with Crippen molar-refractivity contribution < 1.29 is 19.1 Å². The summed E-state index contributed by atoms with van der Waals surface area (Å²) in [5.74, 6) is -0.404. The van der Waals surface area contributed by atoms with Crippen molar-refractivity contribution in [3.63, 3.8) is 0 Å². The molecule has 0 heterocycles. The third-order valence-electron chi connectivity index (χ3n) is 2.63. The van der Waals surface area contributed by atoms with Gasteiger partial charge in [-0.05, 0) is 33.1 Å². The van der Waals surface area contributed by atoms with Crippen LogP contribution in [0, 0.1) is 5.92 Å². The molecule has 0 saturated heterocycles. The van der Waals surface area contributed by atoms with Crippen molar-refractivity contribution in [1.29, 1.82) is 0 Å². The molecule has 0 aromatic carbocycles. The molecular weight excluding hydrogens is 286 g/mol. The van der Waals surface area contributed by atoms with Gasteiger partial charge in [0.15, 0.2) is 0 Å². The lowest BCUT2D eigenvalue weighted by molar-refractivity contribution is -0.131. The summed E-state index contributed by atoms with van der Waals surface area (Å²) < 4.78 is 5.16. The summed E-state index contributed by atoms with van der Waals surface area (Å²) in [6, 6.07) is -0.732. The van der Waals surface area contributed by atoms with Gasteiger partial charge < -0.3 is 20.3 Å². The van der Waals surface area contributed by atoms with Crippen molar-refractivity contribution in [2.75, 3.05) is 20.6 Å². The van der Waals surface area contributed by atoms with Crippen LogP contribution in [0.25, 0.3) is 0 Å². The Morgan fingerprint density at radius 2 is 1.68 bits per heavy atom. The van der Waals surface area contributed by atoms with Crippen molar-refractivity contribution in [1.82, 2.24) is 15.5 Å². The largest absolute Gasteiger partial charge is 0.444 e. The van der Waals surface area contributed by atoms with E-state index >= 15 is 0 Å². The first-order chi connectivity index (χ1) is 9.92. The molecule has 0 rings (SSSR count). The van der Waals surface area contributed by atoms with Crippen LogP contribution < -0.4 is 10.6 Å². The standard InChI is InChI=1S/C15H29N3O4/c1-10(2)8-11(17-14(21)22-15(3,4)5)13(20)16-9-12(19)18(6)7/h10-11H,8-9H2,1-7H3,(H,16,20)(H,17,21)/t11-/m0/s1. The van der Waals surface area contributed by atoms with E-state index in [1.807, 2.05) is 13.8 Å². The van der Waals surface area contributed by atoms with E-state index in [1.165, 1.54) is 4.90 Å². The summed E-state index contributed by atoms with van der Waals surface area (Å²) >= 11 is 0. The molecule has 2 N–H and O–H groups in total. The Labute approximate surface area is 132 Å². The second kappa shape index (κ2) is 8.60. The molecule has 128 valence electrons. The molecule has 0 aliphatic carbocycles. The van der Waals surface area contributed by atoms with Crippen LogP contribution in [0.1, 0.15) is 41.0 Å². The van der Waals surface area contributed by atoms with Crippen LogP contribution in [0.5, 0.6) is 0 Å². The average molecular weight is 315 g/mol. The van der Waals surface area contributed by atoms with Crippen LogP contribution in [0.2, 0.25) is 0 Å². The van der Waals surface area contributed by atoms with E-state index in [-0.39, 0.29) is 18.4 Å². The maximum absolute atomic E-state index is 12.2. The summed E-state index contributed by atoms with van der Waals surface area (Å²) in [6.45, 7) is 9.04. The van der Waals surface area contributed by atoms with Gasteiger partial charge in [-0.15, -0.1) is 0 Å². The number of nitrogens with zero attached hydrogens (tertiary/aromatic N) is 1. The Balaban J connectivity index is 4.65. The number of ether oxygens (including phenoxy) is 1. The number of carbonyl (C=O) groups is 3. The van der Waals surface area contributed by atoms with Gasteiger partial charge in [-0.1, -0.05) is 13.8 Å². The van der Waals surface area contributed by atoms with Gasteiger partial charge in [0.1, 0.15) is 11.6 Å². The number of nitrogens with one attached hydrogen (secondary N) is 2. The monoisotopic (exact) mass is 315 g/mol. The third kappa shape index (κ3) is 9.20. The van der Waals surface area contributed by atoms with E-state index in [0.717, 1.165) is 0 Å². The summed E-state index contributed by atoms with van der Waals surface area (Å²) in [6.07, 6.45) is -0.187. The van der Waals surface area contributed by atoms with E-state index in [1.54, 1.807) is 34.9 Å². The first kappa shape index (κ1) is 20.2. The van der Waals surface area contributed by atoms with Crippen LogP contribution in [-0.4, -0.2) is 55.1 Å². The maximum Gasteiger partial charge on any atom is 0.408 e. The molecule has 0 aromatic rings. The van der Waals surface area contributed by atoms with Gasteiger partial charge in [0.25, 0.3) is 0 Å². The second-order valence-electron chi connectivity index (χ2n) is 6.83. The van der Waals surface area contributed by atoms with Crippen molar-refractivity contribution in [2.24, 2.45) is 5.92 Å². The Morgan fingerprint density at radius 1 is 1.14 bits per heavy atom. The van der Waals surface area contributed by atoms with Gasteiger partial charge in [0, 0.05) is 14.1 Å². The number of hydrogen-bond donors (Lipinski definition) is 2. The number of rotatable bonds is 6. The maximum atomic E-state index is 12.2. The fourth-order valence-electron chi connectivity index (χ4n) is 1.60. The molecule has 0 fully saturated rings. The van der Waals surface area contributed by atoms with Gasteiger partial charge >= 0.3 is 6.09 Å². The lowest BCUT2D eigenvalue weighted by atomic mass is 10.0. The molecule has 0 aliphatic rings. The topological polar surface area (TPSA) is 87.7 Å². The lowest BCUT2D eigenvalue weighted by Crippen LogP contribution is -2.50. The van der Waals surface area contributed by atoms with Crippen LogP contribution in [0.3, 0.4) is 0 Å². The SMILES string of the molecule is CC(C)C[C@H](NC(=O)OC(C)(C)C)C(=O)NCC(=O)N(C)C. The number of hydrogen-bond acceptors (Lipinski definition) is 4. The quantitative estimate of drug-likeness (QED) is 0.769. The highest BCUT2D eigenvalue weighted by Crippen LogP contribution is 2.09. The van der Waals surface area contributed by atoms with E-state index in [4.69, 9.17) is 4.74 Å². The third-order valence-corrected chi connectivity index (χ3v) is 2.63. The minimum absolute atomic E-state index is 0.101. The number of carbonyl (C=O) groups excluding carboxylic acids is 3. The minimum Gasteiger partial charge on any atom is -0.444 e. The zero-order chi connectivity index (χ0) is 17.5. The lowest BCUT2D eigenvalue weighted by Gasteiger charge is -2.24. The predicted octanol–water partition coefficient (Wildman–Crippen LogP) is 1.13. The number of amides is 3. The fourth-order valence-corrected chi connectivity index (χ4v) is 1.60. The highest BCUT2D eigenvalue weighted by molar-refractivity contribution is 5.89. The molecule has 3 amide bonds. The molecular formula is C15H29N3O4. The van der Waals surface area contributed by atoms with Crippen LogP contribution in [-0.2, 0) is 14.3 Å². The van der Waals surface area contributed by atoms with Crippen LogP contribution >= 0.6 is 0 Å². The molecule has 7 nitrogen and oxygen atoms in total. The molecule has 0 aliphatic heterocycles. The number of alkyl carbamates (subject to hydrolysis) is 1. The van der Waals surface area contributed by atoms with E-state index < -0.39 is 23.6 Å². The van der Waals surface area contributed by atoms with Crippen molar-refractivity contribution in [2.45, 2.75) is 52.7 Å². The average Bonchev–Trinajstić information content (AvgIpc) is 2.31. The predicted molar refractivity (Wildman–Crippen MR) is 84.3 cm³/mol. The van der Waals surface area contributed by atoms with Crippen molar-refractivity contribution in [3.05, 3.63) is 0 Å². The Bertz CT molecular complexity index is 400. The summed E-state index contributed by atoms with van der Waals surface area (Å²) in [7, 11) is 3.22. The molecule has 1 atom stereocenters. The number of likely N-dealkylation sites (N-methyl/N-ethyl adjacent to an activating group) is 1. The highest BCUT2D eigenvalue weighted by atomic mass is 16.6. The summed E-state index contributed by atoms with van der Waals surface area (Å²) in [5.41, 5.74) is -0.635. The first-order valence-corrected chi connectivity index (χ1v) is 7.39.